The van der Waals surface area contributed by atoms with Crippen molar-refractivity contribution in [2.75, 3.05) is 0 Å². The maximum atomic E-state index is 11.8. The summed E-state index contributed by atoms with van der Waals surface area (Å²) in [6, 6.07) is 27.5. The van der Waals surface area contributed by atoms with Crippen LogP contribution in [0.5, 0.6) is 0 Å². The Balaban J connectivity index is 2.33. The van der Waals surface area contributed by atoms with E-state index >= 15 is 0 Å². The normalized spacial score (nSPS) is 11.2. The number of hydrogen-bond acceptors (Lipinski definition) is 1. The highest BCUT2D eigenvalue weighted by Gasteiger charge is 2.35. The highest BCUT2D eigenvalue weighted by Crippen LogP contribution is 2.39. The van der Waals surface area contributed by atoms with Gasteiger partial charge in [0.2, 0.25) is 0 Å². The zero-order valence-corrected chi connectivity index (χ0v) is 13.2. The van der Waals surface area contributed by atoms with Gasteiger partial charge < -0.3 is 5.11 Å². The Morgan fingerprint density at radius 1 is 0.739 bits per heavy atom. The molecule has 0 saturated heterocycles. The first-order chi connectivity index (χ1) is 11.1. The molecule has 0 fully saturated rings. The third-order valence-corrected chi connectivity index (χ3v) is 4.16. The Labute approximate surface area is 137 Å². The molecule has 0 aliphatic heterocycles. The fourth-order valence-electron chi connectivity index (χ4n) is 3.01. The van der Waals surface area contributed by atoms with Gasteiger partial charge in [-0.2, -0.15) is 0 Å². The van der Waals surface area contributed by atoms with Gasteiger partial charge in [-0.25, -0.2) is 0 Å². The summed E-state index contributed by atoms with van der Waals surface area (Å²) in [7, 11) is 0. The minimum atomic E-state index is -1.21. The molecule has 0 spiro atoms. The van der Waals surface area contributed by atoms with Crippen molar-refractivity contribution in [1.82, 2.24) is 0 Å². The summed E-state index contributed by atoms with van der Waals surface area (Å²) >= 11 is 0. The fraction of sp³-hybridized carbons (Fsp3) is 0.0909. The van der Waals surface area contributed by atoms with E-state index in [1.807, 2.05) is 91.9 Å². The van der Waals surface area contributed by atoms with Crippen molar-refractivity contribution in [3.8, 4) is 0 Å². The smallest absolute Gasteiger partial charge is 0.141 e. The molecule has 0 atom stereocenters. The van der Waals surface area contributed by atoms with Crippen LogP contribution in [0.4, 0.5) is 0 Å². The highest BCUT2D eigenvalue weighted by molar-refractivity contribution is 5.68. The third-order valence-electron chi connectivity index (χ3n) is 4.16. The lowest BCUT2D eigenvalue weighted by Gasteiger charge is -2.32. The first-order valence-electron chi connectivity index (χ1n) is 7.73. The number of aliphatic hydroxyl groups is 1. The van der Waals surface area contributed by atoms with E-state index in [0.29, 0.717) is 0 Å². The molecular weight excluding hydrogens is 280 g/mol. The van der Waals surface area contributed by atoms with Gasteiger partial charge in [0.1, 0.15) is 5.60 Å². The molecule has 23 heavy (non-hydrogen) atoms. The maximum absolute atomic E-state index is 11.8. The quantitative estimate of drug-likeness (QED) is 0.672. The Hall–Kier alpha value is -2.64. The second-order valence-electron chi connectivity index (χ2n) is 5.77. The zero-order chi connectivity index (χ0) is 16.3. The highest BCUT2D eigenvalue weighted by atomic mass is 16.3. The van der Waals surface area contributed by atoms with Gasteiger partial charge in [0.25, 0.3) is 0 Å². The maximum Gasteiger partial charge on any atom is 0.141 e. The summed E-state index contributed by atoms with van der Waals surface area (Å²) in [6.07, 6.45) is 0. The fourth-order valence-corrected chi connectivity index (χ4v) is 3.01. The molecule has 0 amide bonds. The lowest BCUT2D eigenvalue weighted by Crippen LogP contribution is -2.30. The van der Waals surface area contributed by atoms with Crippen LogP contribution in [-0.4, -0.2) is 5.11 Å². The summed E-state index contributed by atoms with van der Waals surface area (Å²) in [6.45, 7) is 6.04. The van der Waals surface area contributed by atoms with E-state index in [2.05, 4.69) is 6.58 Å². The van der Waals surface area contributed by atoms with E-state index in [0.717, 1.165) is 27.8 Å². The largest absolute Gasteiger partial charge is 0.376 e. The standard InChI is InChI=1S/C22H20O/c1-17(2)20-15-9-10-16-21(20)22(23,18-11-5-3-6-12-18)19-13-7-4-8-14-19/h3-16,23H,1H2,2H3. The van der Waals surface area contributed by atoms with Crippen LogP contribution in [0.1, 0.15) is 29.2 Å². The molecule has 114 valence electrons. The van der Waals surface area contributed by atoms with Crippen molar-refractivity contribution < 1.29 is 5.11 Å². The molecule has 0 unspecified atom stereocenters. The Morgan fingerprint density at radius 3 is 1.65 bits per heavy atom. The molecular formula is C22H20O. The van der Waals surface area contributed by atoms with Crippen molar-refractivity contribution in [2.24, 2.45) is 0 Å². The van der Waals surface area contributed by atoms with E-state index in [1.165, 1.54) is 0 Å². The summed E-state index contributed by atoms with van der Waals surface area (Å²) < 4.78 is 0. The topological polar surface area (TPSA) is 20.2 Å². The molecule has 0 bridgehead atoms. The Bertz CT molecular complexity index is 764. The molecule has 0 aromatic heterocycles. The van der Waals surface area contributed by atoms with Crippen LogP contribution in [0.2, 0.25) is 0 Å². The van der Waals surface area contributed by atoms with Gasteiger partial charge in [0.05, 0.1) is 0 Å². The van der Waals surface area contributed by atoms with Crippen molar-refractivity contribution in [3.05, 3.63) is 114 Å². The summed E-state index contributed by atoms with van der Waals surface area (Å²) in [5.41, 5.74) is 3.25. The second-order valence-corrected chi connectivity index (χ2v) is 5.77. The van der Waals surface area contributed by atoms with E-state index in [9.17, 15) is 5.11 Å². The number of benzene rings is 3. The molecule has 0 aliphatic rings. The van der Waals surface area contributed by atoms with Crippen LogP contribution in [-0.2, 0) is 5.60 Å². The van der Waals surface area contributed by atoms with Crippen LogP contribution in [0.3, 0.4) is 0 Å². The molecule has 0 saturated carbocycles. The number of allylic oxidation sites excluding steroid dienone is 1. The van der Waals surface area contributed by atoms with Crippen molar-refractivity contribution in [1.29, 1.82) is 0 Å². The minimum absolute atomic E-state index is 0.847. The van der Waals surface area contributed by atoms with Gasteiger partial charge in [-0.15, -0.1) is 0 Å². The first kappa shape index (κ1) is 15.3. The molecule has 0 aliphatic carbocycles. The van der Waals surface area contributed by atoms with Crippen LogP contribution < -0.4 is 0 Å². The molecule has 0 heterocycles. The van der Waals surface area contributed by atoms with Crippen LogP contribution in [0.15, 0.2) is 91.5 Å². The van der Waals surface area contributed by atoms with Crippen LogP contribution in [0.25, 0.3) is 5.57 Å². The van der Waals surface area contributed by atoms with Crippen molar-refractivity contribution in [3.63, 3.8) is 0 Å². The summed E-state index contributed by atoms with van der Waals surface area (Å²) in [4.78, 5) is 0. The van der Waals surface area contributed by atoms with E-state index in [1.54, 1.807) is 0 Å². The minimum Gasteiger partial charge on any atom is -0.376 e. The predicted octanol–water partition coefficient (Wildman–Crippen LogP) is 5.00. The number of rotatable bonds is 4. The Kier molecular flexibility index (Phi) is 4.14. The van der Waals surface area contributed by atoms with Gasteiger partial charge in [0, 0.05) is 5.56 Å². The lowest BCUT2D eigenvalue weighted by atomic mass is 9.77. The monoisotopic (exact) mass is 300 g/mol. The van der Waals surface area contributed by atoms with Gasteiger partial charge >= 0.3 is 0 Å². The van der Waals surface area contributed by atoms with E-state index in [4.69, 9.17) is 0 Å². The molecule has 3 aromatic rings. The van der Waals surface area contributed by atoms with Crippen molar-refractivity contribution in [2.45, 2.75) is 12.5 Å². The van der Waals surface area contributed by atoms with Gasteiger partial charge in [-0.3, -0.25) is 0 Å². The SMILES string of the molecule is C=C(C)c1ccccc1C(O)(c1ccccc1)c1ccccc1. The summed E-state index contributed by atoms with van der Waals surface area (Å²) in [5, 5.41) is 11.8. The number of hydrogen-bond donors (Lipinski definition) is 1. The van der Waals surface area contributed by atoms with Crippen LogP contribution >= 0.6 is 0 Å². The Morgan fingerprint density at radius 2 is 1.17 bits per heavy atom. The summed E-state index contributed by atoms with van der Waals surface area (Å²) in [5.74, 6) is 0. The van der Waals surface area contributed by atoms with Gasteiger partial charge in [0.15, 0.2) is 0 Å². The lowest BCUT2D eigenvalue weighted by molar-refractivity contribution is 0.125. The molecule has 1 heteroatoms. The van der Waals surface area contributed by atoms with Crippen molar-refractivity contribution >= 4 is 5.57 Å². The molecule has 1 N–H and O–H groups in total. The third kappa shape index (κ3) is 2.71. The molecule has 0 radical (unpaired) electrons. The van der Waals surface area contributed by atoms with Gasteiger partial charge in [-0.05, 0) is 23.6 Å². The predicted molar refractivity (Wildman–Crippen MR) is 96.1 cm³/mol. The van der Waals surface area contributed by atoms with Crippen LogP contribution in [0, 0.1) is 0 Å². The van der Waals surface area contributed by atoms with E-state index in [-0.39, 0.29) is 0 Å². The second kappa shape index (κ2) is 6.23. The molecule has 3 rings (SSSR count). The average Bonchev–Trinajstić information content (AvgIpc) is 2.62. The zero-order valence-electron chi connectivity index (χ0n) is 13.2. The average molecular weight is 300 g/mol. The molecule has 3 aromatic carbocycles. The van der Waals surface area contributed by atoms with E-state index < -0.39 is 5.60 Å². The molecule has 1 nitrogen and oxygen atoms in total. The first-order valence-corrected chi connectivity index (χ1v) is 7.73. The van der Waals surface area contributed by atoms with Gasteiger partial charge in [-0.1, -0.05) is 97.1 Å².